The van der Waals surface area contributed by atoms with Gasteiger partial charge in [0.05, 0.1) is 11.1 Å². The van der Waals surface area contributed by atoms with Gasteiger partial charge in [-0.15, -0.1) is 0 Å². The number of carbonyl (C=O) groups is 1. The van der Waals surface area contributed by atoms with Gasteiger partial charge in [0, 0.05) is 23.4 Å². The molecule has 3 rings (SSSR count). The van der Waals surface area contributed by atoms with Crippen LogP contribution in [0.5, 0.6) is 5.75 Å². The Morgan fingerprint density at radius 1 is 1.07 bits per heavy atom. The minimum Gasteiger partial charge on any atom is -0.488 e. The van der Waals surface area contributed by atoms with Crippen LogP contribution < -0.4 is 15.5 Å². The van der Waals surface area contributed by atoms with Crippen molar-refractivity contribution in [3.63, 3.8) is 0 Å². The van der Waals surface area contributed by atoms with Gasteiger partial charge in [-0.2, -0.15) is 5.10 Å². The van der Waals surface area contributed by atoms with E-state index in [4.69, 9.17) is 4.74 Å². The number of anilines is 1. The number of hydrogen-bond acceptors (Lipinski definition) is 5. The van der Waals surface area contributed by atoms with Crippen LogP contribution in [-0.4, -0.2) is 17.2 Å². The number of nitrogens with zero attached hydrogens (tertiary/aromatic N) is 2. The van der Waals surface area contributed by atoms with Crippen LogP contribution >= 0.6 is 0 Å². The first-order chi connectivity index (χ1) is 14.5. The fourth-order valence-electron chi connectivity index (χ4n) is 2.62. The van der Waals surface area contributed by atoms with E-state index in [-0.39, 0.29) is 12.3 Å². The molecule has 0 aliphatic heterocycles. The van der Waals surface area contributed by atoms with E-state index in [1.165, 1.54) is 18.3 Å². The van der Waals surface area contributed by atoms with E-state index in [0.29, 0.717) is 17.0 Å². The van der Waals surface area contributed by atoms with Crippen LogP contribution in [-0.2, 0) is 6.61 Å². The first-order valence-corrected chi connectivity index (χ1v) is 9.14. The number of amides is 2. The summed E-state index contributed by atoms with van der Waals surface area (Å²) in [5, 5.41) is 17.4. The molecule has 0 saturated heterocycles. The number of nitro groups is 1. The number of rotatable bonds is 7. The molecule has 0 saturated carbocycles. The molecule has 0 aromatic heterocycles. The lowest BCUT2D eigenvalue weighted by Crippen LogP contribution is -2.24. The minimum absolute atomic E-state index is 0.0290. The predicted octanol–water partition coefficient (Wildman–Crippen LogP) is 4.64. The van der Waals surface area contributed by atoms with Gasteiger partial charge in [0.15, 0.2) is 0 Å². The smallest absolute Gasteiger partial charge is 0.339 e. The van der Waals surface area contributed by atoms with Crippen LogP contribution in [0.3, 0.4) is 0 Å². The molecular formula is C22H20N4O4. The van der Waals surface area contributed by atoms with Gasteiger partial charge in [0.1, 0.15) is 12.4 Å². The second kappa shape index (κ2) is 9.83. The number of benzene rings is 3. The normalized spacial score (nSPS) is 10.6. The maximum absolute atomic E-state index is 12.0. The van der Waals surface area contributed by atoms with Gasteiger partial charge < -0.3 is 10.1 Å². The van der Waals surface area contributed by atoms with Crippen LogP contribution in [0, 0.1) is 17.0 Å². The van der Waals surface area contributed by atoms with E-state index >= 15 is 0 Å². The molecule has 30 heavy (non-hydrogen) atoms. The Balaban J connectivity index is 1.58. The van der Waals surface area contributed by atoms with Gasteiger partial charge in [-0.25, -0.2) is 10.2 Å². The largest absolute Gasteiger partial charge is 0.488 e. The number of urea groups is 1. The van der Waals surface area contributed by atoms with Gasteiger partial charge in [0.2, 0.25) is 0 Å². The number of hydrazone groups is 1. The highest BCUT2D eigenvalue weighted by molar-refractivity contribution is 5.91. The number of hydrogen-bond donors (Lipinski definition) is 2. The molecule has 3 aromatic rings. The quantitative estimate of drug-likeness (QED) is 0.340. The summed E-state index contributed by atoms with van der Waals surface area (Å²) in [4.78, 5) is 22.3. The van der Waals surface area contributed by atoms with Crippen molar-refractivity contribution < 1.29 is 14.5 Å². The topological polar surface area (TPSA) is 106 Å². The summed E-state index contributed by atoms with van der Waals surface area (Å²) in [6.07, 6.45) is 1.49. The van der Waals surface area contributed by atoms with Crippen molar-refractivity contribution in [3.05, 3.63) is 99.6 Å². The zero-order chi connectivity index (χ0) is 21.3. The van der Waals surface area contributed by atoms with E-state index in [0.717, 1.165) is 11.1 Å². The van der Waals surface area contributed by atoms with E-state index in [9.17, 15) is 14.9 Å². The molecule has 152 valence electrons. The molecule has 0 radical (unpaired) electrons. The Morgan fingerprint density at radius 3 is 2.50 bits per heavy atom. The third kappa shape index (κ3) is 5.65. The van der Waals surface area contributed by atoms with Crippen LogP contribution in [0.4, 0.5) is 16.2 Å². The maximum atomic E-state index is 12.0. The van der Waals surface area contributed by atoms with Crippen molar-refractivity contribution >= 4 is 23.6 Å². The summed E-state index contributed by atoms with van der Waals surface area (Å²) in [6.45, 7) is 2.14. The van der Waals surface area contributed by atoms with E-state index in [1.807, 2.05) is 37.3 Å². The molecule has 0 aliphatic carbocycles. The Kier molecular flexibility index (Phi) is 6.73. The number of non-ortho nitro benzene ring substituents is 1. The highest BCUT2D eigenvalue weighted by atomic mass is 16.6. The maximum Gasteiger partial charge on any atom is 0.339 e. The summed E-state index contributed by atoms with van der Waals surface area (Å²) in [6, 6.07) is 20.4. The third-order valence-corrected chi connectivity index (χ3v) is 4.22. The lowest BCUT2D eigenvalue weighted by Gasteiger charge is -2.09. The van der Waals surface area contributed by atoms with Crippen LogP contribution in [0.25, 0.3) is 0 Å². The lowest BCUT2D eigenvalue weighted by molar-refractivity contribution is -0.384. The molecule has 0 aliphatic rings. The average molecular weight is 404 g/mol. The Bertz CT molecular complexity index is 1060. The Labute approximate surface area is 173 Å². The lowest BCUT2D eigenvalue weighted by atomic mass is 10.2. The predicted molar refractivity (Wildman–Crippen MR) is 115 cm³/mol. The summed E-state index contributed by atoms with van der Waals surface area (Å²) in [7, 11) is 0. The summed E-state index contributed by atoms with van der Waals surface area (Å²) in [5.41, 5.74) is 5.58. The number of nitro benzene ring substituents is 1. The molecule has 0 atom stereocenters. The number of nitrogens with one attached hydrogen (secondary N) is 2. The molecule has 8 nitrogen and oxygen atoms in total. The van der Waals surface area contributed by atoms with E-state index in [2.05, 4.69) is 15.8 Å². The molecule has 2 amide bonds. The van der Waals surface area contributed by atoms with Gasteiger partial charge in [-0.1, -0.05) is 30.3 Å². The third-order valence-electron chi connectivity index (χ3n) is 4.22. The Morgan fingerprint density at radius 2 is 1.77 bits per heavy atom. The van der Waals surface area contributed by atoms with Crippen molar-refractivity contribution in [2.75, 3.05) is 5.32 Å². The second-order valence-corrected chi connectivity index (χ2v) is 6.39. The standard InChI is InChI=1S/C22H20N4O4/c1-16-6-2-4-8-20(16)24-22(27)25-23-14-18-7-3-5-9-21(18)30-15-17-10-12-19(13-11-17)26(28)29/h2-14H,15H2,1H3,(H2,24,25,27). The SMILES string of the molecule is Cc1ccccc1NC(=O)NN=Cc1ccccc1OCc1ccc([N+](=O)[O-])cc1. The summed E-state index contributed by atoms with van der Waals surface area (Å²) >= 11 is 0. The molecule has 0 heterocycles. The minimum atomic E-state index is -0.454. The van der Waals surface area contributed by atoms with Gasteiger partial charge in [-0.3, -0.25) is 10.1 Å². The van der Waals surface area contributed by atoms with Gasteiger partial charge in [-0.05, 0) is 48.4 Å². The van der Waals surface area contributed by atoms with Crippen LogP contribution in [0.1, 0.15) is 16.7 Å². The van der Waals surface area contributed by atoms with E-state index in [1.54, 1.807) is 30.3 Å². The summed E-state index contributed by atoms with van der Waals surface area (Å²) < 4.78 is 5.80. The summed E-state index contributed by atoms with van der Waals surface area (Å²) in [5.74, 6) is 0.570. The zero-order valence-electron chi connectivity index (χ0n) is 16.2. The molecule has 0 bridgehead atoms. The van der Waals surface area contributed by atoms with Crippen molar-refractivity contribution in [1.29, 1.82) is 0 Å². The number of para-hydroxylation sites is 2. The molecular weight excluding hydrogens is 384 g/mol. The fraction of sp³-hybridized carbons (Fsp3) is 0.0909. The first kappa shape index (κ1) is 20.5. The molecule has 0 spiro atoms. The van der Waals surface area contributed by atoms with Crippen molar-refractivity contribution in [2.24, 2.45) is 5.10 Å². The van der Waals surface area contributed by atoms with Crippen molar-refractivity contribution in [3.8, 4) is 5.75 Å². The monoisotopic (exact) mass is 404 g/mol. The van der Waals surface area contributed by atoms with Crippen LogP contribution in [0.2, 0.25) is 0 Å². The molecule has 8 heteroatoms. The fourth-order valence-corrected chi connectivity index (χ4v) is 2.62. The van der Waals surface area contributed by atoms with Crippen molar-refractivity contribution in [1.82, 2.24) is 5.43 Å². The Hall–Kier alpha value is -4.20. The van der Waals surface area contributed by atoms with Crippen molar-refractivity contribution in [2.45, 2.75) is 13.5 Å². The number of aryl methyl sites for hydroxylation is 1. The zero-order valence-corrected chi connectivity index (χ0v) is 16.2. The highest BCUT2D eigenvalue weighted by Crippen LogP contribution is 2.19. The number of ether oxygens (including phenoxy) is 1. The average Bonchev–Trinajstić information content (AvgIpc) is 2.75. The molecule has 2 N–H and O–H groups in total. The highest BCUT2D eigenvalue weighted by Gasteiger charge is 2.06. The molecule has 0 fully saturated rings. The molecule has 0 unspecified atom stereocenters. The molecule has 3 aromatic carbocycles. The van der Waals surface area contributed by atoms with Crippen LogP contribution in [0.15, 0.2) is 77.9 Å². The first-order valence-electron chi connectivity index (χ1n) is 9.14. The van der Waals surface area contributed by atoms with Gasteiger partial charge >= 0.3 is 6.03 Å². The second-order valence-electron chi connectivity index (χ2n) is 6.39. The van der Waals surface area contributed by atoms with E-state index < -0.39 is 11.0 Å². The number of carbonyl (C=O) groups excluding carboxylic acids is 1. The van der Waals surface area contributed by atoms with Gasteiger partial charge in [0.25, 0.3) is 5.69 Å².